The molecular weight excluding hydrogens is 120 g/mol. The van der Waals surface area contributed by atoms with Crippen molar-refractivity contribution in [1.82, 2.24) is 10.2 Å². The molecule has 1 N–H and O–H groups in total. The summed E-state index contributed by atoms with van der Waals surface area (Å²) >= 11 is 0. The van der Waals surface area contributed by atoms with Crippen molar-refractivity contribution in [2.75, 3.05) is 13.7 Å². The lowest BCUT2D eigenvalue weighted by molar-refractivity contribution is -0.139. The number of nitrogens with zero attached hydrogens (tertiary/aromatic N) is 1. The molecule has 0 spiro atoms. The standard InChI is InChI=1S/C5H8N2O2/c1-7-3-6-4(8)2-5(7)9/h2-3H2,1H3,(H,6,8). The zero-order valence-electron chi connectivity index (χ0n) is 5.18. The summed E-state index contributed by atoms with van der Waals surface area (Å²) in [6, 6.07) is 0. The van der Waals surface area contributed by atoms with Crippen LogP contribution in [0, 0.1) is 0 Å². The molecule has 0 aromatic rings. The zero-order chi connectivity index (χ0) is 6.85. The summed E-state index contributed by atoms with van der Waals surface area (Å²) in [6.45, 7) is 0.345. The van der Waals surface area contributed by atoms with E-state index in [1.54, 1.807) is 7.05 Å². The van der Waals surface area contributed by atoms with Crippen molar-refractivity contribution in [2.24, 2.45) is 0 Å². The Hall–Kier alpha value is -1.06. The number of amides is 2. The number of carbonyl (C=O) groups is 2. The maximum atomic E-state index is 10.7. The molecule has 4 nitrogen and oxygen atoms in total. The molecule has 1 aliphatic rings. The minimum atomic E-state index is -0.182. The van der Waals surface area contributed by atoms with Crippen LogP contribution in [-0.2, 0) is 9.59 Å². The molecule has 0 unspecified atom stereocenters. The van der Waals surface area contributed by atoms with Crippen LogP contribution in [-0.4, -0.2) is 30.4 Å². The zero-order valence-corrected chi connectivity index (χ0v) is 5.18. The lowest BCUT2D eigenvalue weighted by atomic mass is 10.3. The average Bonchev–Trinajstić information content (AvgIpc) is 1.80. The van der Waals surface area contributed by atoms with Crippen LogP contribution in [0.15, 0.2) is 0 Å². The first-order valence-electron chi connectivity index (χ1n) is 2.71. The minimum absolute atomic E-state index is 0.00347. The molecule has 1 heterocycles. The van der Waals surface area contributed by atoms with Gasteiger partial charge in [-0.05, 0) is 0 Å². The van der Waals surface area contributed by atoms with Crippen molar-refractivity contribution in [3.05, 3.63) is 0 Å². The topological polar surface area (TPSA) is 49.4 Å². The first-order chi connectivity index (χ1) is 4.20. The molecule has 2 amide bonds. The molecule has 9 heavy (non-hydrogen) atoms. The van der Waals surface area contributed by atoms with Crippen molar-refractivity contribution in [1.29, 1.82) is 0 Å². The van der Waals surface area contributed by atoms with E-state index in [0.717, 1.165) is 0 Å². The maximum absolute atomic E-state index is 10.7. The first-order valence-corrected chi connectivity index (χ1v) is 2.71. The first kappa shape index (κ1) is 6.07. The Morgan fingerprint density at radius 2 is 2.22 bits per heavy atom. The van der Waals surface area contributed by atoms with Gasteiger partial charge < -0.3 is 10.2 Å². The van der Waals surface area contributed by atoms with E-state index in [1.807, 2.05) is 0 Å². The van der Waals surface area contributed by atoms with E-state index in [4.69, 9.17) is 0 Å². The third kappa shape index (κ3) is 1.19. The van der Waals surface area contributed by atoms with Gasteiger partial charge in [0.2, 0.25) is 11.8 Å². The van der Waals surface area contributed by atoms with Crippen LogP contribution < -0.4 is 5.32 Å². The van der Waals surface area contributed by atoms with Crippen LogP contribution in [0.5, 0.6) is 0 Å². The molecule has 50 valence electrons. The number of nitrogens with one attached hydrogen (secondary N) is 1. The van der Waals surface area contributed by atoms with Crippen molar-refractivity contribution >= 4 is 11.8 Å². The molecular formula is C5H8N2O2. The van der Waals surface area contributed by atoms with Gasteiger partial charge in [-0.2, -0.15) is 0 Å². The summed E-state index contributed by atoms with van der Waals surface area (Å²) in [6.07, 6.45) is -0.00347. The smallest absolute Gasteiger partial charge is 0.233 e. The number of hydrogen-bond acceptors (Lipinski definition) is 2. The van der Waals surface area contributed by atoms with Gasteiger partial charge in [0, 0.05) is 7.05 Å². The Balaban J connectivity index is 2.54. The van der Waals surface area contributed by atoms with Gasteiger partial charge in [-0.15, -0.1) is 0 Å². The van der Waals surface area contributed by atoms with Crippen molar-refractivity contribution in [2.45, 2.75) is 6.42 Å². The summed E-state index contributed by atoms with van der Waals surface area (Å²) in [5.41, 5.74) is 0. The Morgan fingerprint density at radius 3 is 2.67 bits per heavy atom. The predicted octanol–water partition coefficient (Wildman–Crippen LogP) is -1.08. The van der Waals surface area contributed by atoms with Crippen LogP contribution in [0.25, 0.3) is 0 Å². The van der Waals surface area contributed by atoms with Gasteiger partial charge in [-0.3, -0.25) is 9.59 Å². The molecule has 0 atom stereocenters. The number of carbonyl (C=O) groups excluding carboxylic acids is 2. The van der Waals surface area contributed by atoms with Crippen LogP contribution in [0.2, 0.25) is 0 Å². The van der Waals surface area contributed by atoms with E-state index in [0.29, 0.717) is 6.67 Å². The highest BCUT2D eigenvalue weighted by Crippen LogP contribution is 1.94. The average molecular weight is 128 g/mol. The maximum Gasteiger partial charge on any atom is 0.233 e. The third-order valence-electron chi connectivity index (χ3n) is 1.25. The highest BCUT2D eigenvalue weighted by atomic mass is 16.2. The quantitative estimate of drug-likeness (QED) is 0.422. The second-order valence-corrected chi connectivity index (χ2v) is 2.03. The highest BCUT2D eigenvalue weighted by molar-refractivity contribution is 5.98. The van der Waals surface area contributed by atoms with Crippen LogP contribution in [0.1, 0.15) is 6.42 Å². The van der Waals surface area contributed by atoms with E-state index >= 15 is 0 Å². The molecule has 0 aromatic heterocycles. The fourth-order valence-electron chi connectivity index (χ4n) is 0.630. The van der Waals surface area contributed by atoms with Crippen LogP contribution in [0.4, 0.5) is 0 Å². The fourth-order valence-corrected chi connectivity index (χ4v) is 0.630. The summed E-state index contributed by atoms with van der Waals surface area (Å²) in [7, 11) is 1.65. The van der Waals surface area contributed by atoms with Crippen molar-refractivity contribution < 1.29 is 9.59 Å². The van der Waals surface area contributed by atoms with Crippen LogP contribution >= 0.6 is 0 Å². The molecule has 1 saturated heterocycles. The van der Waals surface area contributed by atoms with Crippen LogP contribution in [0.3, 0.4) is 0 Å². The molecule has 4 heteroatoms. The second kappa shape index (κ2) is 2.05. The second-order valence-electron chi connectivity index (χ2n) is 2.03. The van der Waals surface area contributed by atoms with Gasteiger partial charge in [0.1, 0.15) is 6.42 Å². The Morgan fingerprint density at radius 1 is 1.56 bits per heavy atom. The fraction of sp³-hybridized carbons (Fsp3) is 0.600. The summed E-state index contributed by atoms with van der Waals surface area (Å²) < 4.78 is 0. The minimum Gasteiger partial charge on any atom is -0.338 e. The number of rotatable bonds is 0. The van der Waals surface area contributed by atoms with Crippen molar-refractivity contribution in [3.63, 3.8) is 0 Å². The highest BCUT2D eigenvalue weighted by Gasteiger charge is 2.18. The molecule has 1 aliphatic heterocycles. The molecule has 0 radical (unpaired) electrons. The van der Waals surface area contributed by atoms with Gasteiger partial charge in [-0.25, -0.2) is 0 Å². The summed E-state index contributed by atoms with van der Waals surface area (Å²) in [5, 5.41) is 2.53. The third-order valence-corrected chi connectivity index (χ3v) is 1.25. The lowest BCUT2D eigenvalue weighted by Gasteiger charge is -2.21. The monoisotopic (exact) mass is 128 g/mol. The Labute approximate surface area is 52.8 Å². The van der Waals surface area contributed by atoms with Gasteiger partial charge in [0.05, 0.1) is 6.67 Å². The Kier molecular flexibility index (Phi) is 1.38. The molecule has 0 aliphatic carbocycles. The van der Waals surface area contributed by atoms with E-state index in [1.165, 1.54) is 4.90 Å². The van der Waals surface area contributed by atoms with Gasteiger partial charge in [-0.1, -0.05) is 0 Å². The van der Waals surface area contributed by atoms with Gasteiger partial charge in [0.25, 0.3) is 0 Å². The molecule has 0 bridgehead atoms. The molecule has 0 saturated carbocycles. The van der Waals surface area contributed by atoms with Gasteiger partial charge >= 0.3 is 0 Å². The predicted molar refractivity (Wildman–Crippen MR) is 30.4 cm³/mol. The van der Waals surface area contributed by atoms with E-state index in [9.17, 15) is 9.59 Å². The normalized spacial score (nSPS) is 19.9. The lowest BCUT2D eigenvalue weighted by Crippen LogP contribution is -2.46. The molecule has 0 aromatic carbocycles. The Bertz CT molecular complexity index is 155. The van der Waals surface area contributed by atoms with E-state index in [-0.39, 0.29) is 18.2 Å². The van der Waals surface area contributed by atoms with Gasteiger partial charge in [0.15, 0.2) is 0 Å². The SMILES string of the molecule is CN1CNC(=O)CC1=O. The van der Waals surface area contributed by atoms with Crippen molar-refractivity contribution in [3.8, 4) is 0 Å². The summed E-state index contributed by atoms with van der Waals surface area (Å²) in [4.78, 5) is 22.6. The van der Waals surface area contributed by atoms with E-state index < -0.39 is 0 Å². The molecule has 1 fully saturated rings. The summed E-state index contributed by atoms with van der Waals surface area (Å²) in [5.74, 6) is -0.295. The molecule has 1 rings (SSSR count). The number of hydrogen-bond donors (Lipinski definition) is 1. The largest absolute Gasteiger partial charge is 0.338 e. The van der Waals surface area contributed by atoms with E-state index in [2.05, 4.69) is 5.32 Å².